The van der Waals surface area contributed by atoms with Crippen LogP contribution < -0.4 is 10.6 Å². The molecule has 1 aliphatic rings. The topological polar surface area (TPSA) is 72.6 Å². The van der Waals surface area contributed by atoms with E-state index in [1.54, 1.807) is 16.7 Å². The van der Waals surface area contributed by atoms with Crippen LogP contribution in [-0.4, -0.2) is 30.3 Å². The third kappa shape index (κ3) is 3.99. The highest BCUT2D eigenvalue weighted by Gasteiger charge is 2.25. The van der Waals surface area contributed by atoms with Crippen molar-refractivity contribution in [2.45, 2.75) is 23.5 Å². The van der Waals surface area contributed by atoms with Crippen LogP contribution in [0.1, 0.15) is 23.7 Å². The molecule has 0 aliphatic carbocycles. The number of para-hydroxylation sites is 1. The van der Waals surface area contributed by atoms with E-state index in [4.69, 9.17) is 10.5 Å². The Morgan fingerprint density at radius 1 is 1.31 bits per heavy atom. The number of fused-ring (bicyclic) bond motifs is 1. The molecule has 1 aliphatic heterocycles. The zero-order valence-electron chi connectivity index (χ0n) is 14.3. The summed E-state index contributed by atoms with van der Waals surface area (Å²) in [5.74, 6) is -1.59. The minimum atomic E-state index is -0.748. The van der Waals surface area contributed by atoms with Crippen LogP contribution in [0.5, 0.6) is 0 Å². The number of benzene rings is 2. The number of rotatable bonds is 3. The van der Waals surface area contributed by atoms with Gasteiger partial charge in [0.2, 0.25) is 0 Å². The standard InChI is InChI=1S/C19H19FN2O3S/c1-12-8-9-22(16-4-2-3-5-17(16)26-12)18(23)11-25-19(24)14-7-6-13(20)10-15(14)21/h2-7,10,12H,8-9,11,21H2,1H3. The molecular weight excluding hydrogens is 355 g/mol. The second kappa shape index (κ2) is 7.78. The van der Waals surface area contributed by atoms with E-state index in [1.165, 1.54) is 6.07 Å². The van der Waals surface area contributed by atoms with Gasteiger partial charge in [0.1, 0.15) is 5.82 Å². The number of carbonyl (C=O) groups excluding carboxylic acids is 2. The first-order valence-electron chi connectivity index (χ1n) is 8.24. The maximum absolute atomic E-state index is 13.1. The van der Waals surface area contributed by atoms with Gasteiger partial charge in [0.25, 0.3) is 5.91 Å². The van der Waals surface area contributed by atoms with E-state index in [0.717, 1.165) is 29.1 Å². The Kier molecular flexibility index (Phi) is 5.46. The first kappa shape index (κ1) is 18.3. The number of amides is 1. The van der Waals surface area contributed by atoms with Gasteiger partial charge in [-0.2, -0.15) is 0 Å². The Bertz CT molecular complexity index is 843. The molecule has 0 radical (unpaired) electrons. The lowest BCUT2D eigenvalue weighted by Crippen LogP contribution is -2.35. The molecule has 0 saturated carbocycles. The number of thioether (sulfide) groups is 1. The second-order valence-corrected chi connectivity index (χ2v) is 7.52. The minimum absolute atomic E-state index is 0.0206. The summed E-state index contributed by atoms with van der Waals surface area (Å²) in [6.07, 6.45) is 0.837. The third-order valence-corrected chi connectivity index (χ3v) is 5.34. The SMILES string of the molecule is CC1CCN(C(=O)COC(=O)c2ccc(F)cc2N)c2ccccc2S1. The summed E-state index contributed by atoms with van der Waals surface area (Å²) in [6, 6.07) is 11.1. The Labute approximate surface area is 155 Å². The first-order chi connectivity index (χ1) is 12.5. The van der Waals surface area contributed by atoms with Gasteiger partial charge in [-0.3, -0.25) is 4.79 Å². The molecule has 2 aromatic rings. The van der Waals surface area contributed by atoms with Gasteiger partial charge in [-0.15, -0.1) is 11.8 Å². The lowest BCUT2D eigenvalue weighted by atomic mass is 10.2. The number of hydrogen-bond acceptors (Lipinski definition) is 5. The largest absolute Gasteiger partial charge is 0.452 e. The first-order valence-corrected chi connectivity index (χ1v) is 9.12. The molecule has 26 heavy (non-hydrogen) atoms. The number of nitrogen functional groups attached to an aromatic ring is 1. The minimum Gasteiger partial charge on any atom is -0.452 e. The van der Waals surface area contributed by atoms with Crippen LogP contribution in [-0.2, 0) is 9.53 Å². The predicted molar refractivity (Wildman–Crippen MR) is 99.8 cm³/mol. The molecule has 5 nitrogen and oxygen atoms in total. The van der Waals surface area contributed by atoms with Gasteiger partial charge in [-0.25, -0.2) is 9.18 Å². The van der Waals surface area contributed by atoms with Crippen molar-refractivity contribution >= 4 is 35.0 Å². The number of carbonyl (C=O) groups is 2. The molecule has 2 N–H and O–H groups in total. The lowest BCUT2D eigenvalue weighted by Gasteiger charge is -2.22. The normalized spacial score (nSPS) is 16.5. The van der Waals surface area contributed by atoms with Crippen molar-refractivity contribution in [2.24, 2.45) is 0 Å². The molecule has 1 amide bonds. The quantitative estimate of drug-likeness (QED) is 0.658. The van der Waals surface area contributed by atoms with Crippen molar-refractivity contribution in [1.29, 1.82) is 0 Å². The third-order valence-electron chi connectivity index (χ3n) is 4.10. The Morgan fingerprint density at radius 3 is 2.85 bits per heavy atom. The molecular formula is C19H19FN2O3S. The highest BCUT2D eigenvalue weighted by atomic mass is 32.2. The maximum atomic E-state index is 13.1. The number of hydrogen-bond donors (Lipinski definition) is 1. The predicted octanol–water partition coefficient (Wildman–Crippen LogP) is 3.48. The van der Waals surface area contributed by atoms with Crippen LogP contribution in [0.2, 0.25) is 0 Å². The fourth-order valence-electron chi connectivity index (χ4n) is 2.75. The van der Waals surface area contributed by atoms with E-state index >= 15 is 0 Å². The molecule has 1 atom stereocenters. The van der Waals surface area contributed by atoms with Crippen LogP contribution in [0.15, 0.2) is 47.4 Å². The van der Waals surface area contributed by atoms with E-state index < -0.39 is 18.4 Å². The molecule has 3 rings (SSSR count). The highest BCUT2D eigenvalue weighted by molar-refractivity contribution is 8.00. The second-order valence-electron chi connectivity index (χ2n) is 6.04. The fraction of sp³-hybridized carbons (Fsp3) is 0.263. The van der Waals surface area contributed by atoms with Crippen molar-refractivity contribution in [3.8, 4) is 0 Å². The van der Waals surface area contributed by atoms with Crippen molar-refractivity contribution in [2.75, 3.05) is 23.8 Å². The van der Waals surface area contributed by atoms with Crippen molar-refractivity contribution in [3.05, 3.63) is 53.8 Å². The van der Waals surface area contributed by atoms with Crippen LogP contribution >= 0.6 is 11.8 Å². The molecule has 2 aromatic carbocycles. The number of ether oxygens (including phenoxy) is 1. The van der Waals surface area contributed by atoms with E-state index in [2.05, 4.69) is 6.92 Å². The number of nitrogens with two attached hydrogens (primary N) is 1. The van der Waals surface area contributed by atoms with Gasteiger partial charge in [-0.1, -0.05) is 19.1 Å². The number of esters is 1. The monoisotopic (exact) mass is 374 g/mol. The highest BCUT2D eigenvalue weighted by Crippen LogP contribution is 2.37. The van der Waals surface area contributed by atoms with Crippen molar-refractivity contribution in [1.82, 2.24) is 0 Å². The van der Waals surface area contributed by atoms with Gasteiger partial charge < -0.3 is 15.4 Å². The average molecular weight is 374 g/mol. The van der Waals surface area contributed by atoms with E-state index in [1.807, 2.05) is 24.3 Å². The van der Waals surface area contributed by atoms with Gasteiger partial charge in [0.05, 0.1) is 11.3 Å². The summed E-state index contributed by atoms with van der Waals surface area (Å²) < 4.78 is 18.2. The molecule has 0 spiro atoms. The number of halogens is 1. The Balaban J connectivity index is 1.71. The van der Waals surface area contributed by atoms with Crippen LogP contribution in [0.4, 0.5) is 15.8 Å². The Hall–Kier alpha value is -2.54. The molecule has 0 fully saturated rings. The van der Waals surface area contributed by atoms with Crippen LogP contribution in [0, 0.1) is 5.82 Å². The molecule has 7 heteroatoms. The zero-order chi connectivity index (χ0) is 18.7. The summed E-state index contributed by atoms with van der Waals surface area (Å²) in [7, 11) is 0. The summed E-state index contributed by atoms with van der Waals surface area (Å²) in [4.78, 5) is 27.4. The van der Waals surface area contributed by atoms with E-state index in [-0.39, 0.29) is 17.2 Å². The Morgan fingerprint density at radius 2 is 2.08 bits per heavy atom. The van der Waals surface area contributed by atoms with Gasteiger partial charge in [0, 0.05) is 22.4 Å². The van der Waals surface area contributed by atoms with Crippen LogP contribution in [0.3, 0.4) is 0 Å². The molecule has 1 heterocycles. The summed E-state index contributed by atoms with van der Waals surface area (Å²) in [6.45, 7) is 2.27. The lowest BCUT2D eigenvalue weighted by molar-refractivity contribution is -0.121. The van der Waals surface area contributed by atoms with Crippen molar-refractivity contribution in [3.63, 3.8) is 0 Å². The summed E-state index contributed by atoms with van der Waals surface area (Å²) >= 11 is 1.72. The number of anilines is 2. The van der Waals surface area contributed by atoms with Crippen LogP contribution in [0.25, 0.3) is 0 Å². The molecule has 1 unspecified atom stereocenters. The van der Waals surface area contributed by atoms with Gasteiger partial charge >= 0.3 is 5.97 Å². The van der Waals surface area contributed by atoms with Crippen molar-refractivity contribution < 1.29 is 18.7 Å². The number of nitrogens with zero attached hydrogens (tertiary/aromatic N) is 1. The molecule has 0 saturated heterocycles. The maximum Gasteiger partial charge on any atom is 0.340 e. The molecule has 0 aromatic heterocycles. The molecule has 0 bridgehead atoms. The summed E-state index contributed by atoms with van der Waals surface area (Å²) in [5, 5.41) is 0.385. The van der Waals surface area contributed by atoms with E-state index in [0.29, 0.717) is 11.8 Å². The van der Waals surface area contributed by atoms with Gasteiger partial charge in [0.15, 0.2) is 6.61 Å². The molecule has 136 valence electrons. The fourth-order valence-corrected chi connectivity index (χ4v) is 3.86. The zero-order valence-corrected chi connectivity index (χ0v) is 15.1. The average Bonchev–Trinajstić information content (AvgIpc) is 2.77. The van der Waals surface area contributed by atoms with E-state index in [9.17, 15) is 14.0 Å². The smallest absolute Gasteiger partial charge is 0.340 e. The summed E-state index contributed by atoms with van der Waals surface area (Å²) in [5.41, 5.74) is 6.48. The van der Waals surface area contributed by atoms with Gasteiger partial charge in [-0.05, 0) is 36.8 Å².